The van der Waals surface area contributed by atoms with Crippen molar-refractivity contribution in [3.63, 3.8) is 0 Å². The highest BCUT2D eigenvalue weighted by atomic mass is 19.1. The van der Waals surface area contributed by atoms with E-state index in [1.54, 1.807) is 23.0 Å². The van der Waals surface area contributed by atoms with Gasteiger partial charge >= 0.3 is 0 Å². The predicted octanol–water partition coefficient (Wildman–Crippen LogP) is 5.77. The summed E-state index contributed by atoms with van der Waals surface area (Å²) in [5.74, 6) is -3.24. The van der Waals surface area contributed by atoms with Crippen molar-refractivity contribution < 1.29 is 32.7 Å². The van der Waals surface area contributed by atoms with E-state index in [0.717, 1.165) is 48.3 Å². The van der Waals surface area contributed by atoms with Crippen molar-refractivity contribution in [2.75, 3.05) is 54.4 Å². The number of pyridine rings is 1. The molecule has 0 radical (unpaired) electrons. The Bertz CT molecular complexity index is 2640. The summed E-state index contributed by atoms with van der Waals surface area (Å²) in [5, 5.41) is 10.0. The second-order valence-corrected chi connectivity index (χ2v) is 19.5. The lowest BCUT2D eigenvalue weighted by Crippen LogP contribution is -2.51. The van der Waals surface area contributed by atoms with Gasteiger partial charge in [0.05, 0.1) is 47.3 Å². The summed E-state index contributed by atoms with van der Waals surface area (Å²) in [6, 6.07) is 12.6. The van der Waals surface area contributed by atoms with Crippen molar-refractivity contribution in [3.8, 4) is 17.1 Å². The molecule has 6 aliphatic rings. The molecule has 0 spiro atoms. The Labute approximate surface area is 376 Å². The number of carbonyl (C=O) groups is 4. The van der Waals surface area contributed by atoms with Crippen LogP contribution in [0.25, 0.3) is 11.3 Å². The molecule has 2 aromatic heterocycles. The number of halogens is 2. The molecule has 2 aromatic carbocycles. The van der Waals surface area contributed by atoms with Crippen molar-refractivity contribution >= 4 is 46.7 Å². The van der Waals surface area contributed by atoms with Crippen LogP contribution in [0.4, 0.5) is 25.8 Å². The number of guanidine groups is 1. The fourth-order valence-electron chi connectivity index (χ4n) is 10.9. The molecule has 6 aliphatic heterocycles. The molecule has 65 heavy (non-hydrogen) atoms. The summed E-state index contributed by atoms with van der Waals surface area (Å²) >= 11 is 0. The Morgan fingerprint density at radius 1 is 0.969 bits per heavy atom. The molecule has 10 rings (SSSR count). The smallest absolute Gasteiger partial charge is 0.280 e. The average Bonchev–Trinajstić information content (AvgIpc) is 4.08. The van der Waals surface area contributed by atoms with Gasteiger partial charge in [0.2, 0.25) is 29.6 Å². The van der Waals surface area contributed by atoms with Crippen LogP contribution in [0.15, 0.2) is 53.7 Å². The van der Waals surface area contributed by atoms with E-state index < -0.39 is 34.8 Å². The van der Waals surface area contributed by atoms with Gasteiger partial charge in [0.1, 0.15) is 11.6 Å². The topological polar surface area (TPSA) is 158 Å². The fraction of sp³-hybridized carbons (Fsp3) is 0.479. The number of aliphatic imine (C=N–C) groups is 1. The first-order chi connectivity index (χ1) is 31.1. The standard InChI is InChI=1S/C48H54F2N10O5/c1-26-7-6-12-65-46-34(19-51-56(46)5)39-15-29(13-27(2)52-39)43(62)55-47-53-38-10-8-28(14-40(38)60(47)20-26)21-57-22-32-16-31(57)23-59(32)45(64)35-24-58(25-48(35,3)4)30-17-36(49)42(37(50)18-30)33-9-11-41(61)54-44(33)63/h8,10,13-15,17-19,26,31-33,35H,6-7,9,11-12,16,20-25H2,1-5H3,(H,53,55,62)(H,54,61,63)/t26-,31+,32+,33-,35-/m1/s1. The first kappa shape index (κ1) is 42.7. The number of benzene rings is 2. The summed E-state index contributed by atoms with van der Waals surface area (Å²) < 4.78 is 39.0. The number of likely N-dealkylation sites (tertiary alicyclic amines) is 2. The van der Waals surface area contributed by atoms with E-state index >= 15 is 8.78 Å². The lowest BCUT2D eigenvalue weighted by molar-refractivity contribution is -0.140. The highest BCUT2D eigenvalue weighted by Gasteiger charge is 2.51. The molecule has 15 nitrogen and oxygen atoms in total. The number of nitrogens with zero attached hydrogens (tertiary/aromatic N) is 8. The van der Waals surface area contributed by atoms with Crippen molar-refractivity contribution in [2.45, 2.75) is 84.3 Å². The molecule has 2 N–H and O–H groups in total. The number of hydrogen-bond acceptors (Lipinski definition) is 11. The number of piperidine rings is 1. The third-order valence-corrected chi connectivity index (χ3v) is 14.3. The molecule has 4 aromatic rings. The number of anilines is 3. The van der Waals surface area contributed by atoms with E-state index in [-0.39, 0.29) is 54.1 Å². The molecule has 4 fully saturated rings. The zero-order valence-electron chi connectivity index (χ0n) is 37.4. The van der Waals surface area contributed by atoms with E-state index in [0.29, 0.717) is 73.8 Å². The number of amides is 4. The van der Waals surface area contributed by atoms with Crippen molar-refractivity contribution in [3.05, 3.63) is 82.7 Å². The molecule has 4 bridgehead atoms. The summed E-state index contributed by atoms with van der Waals surface area (Å²) in [6.45, 7) is 12.1. The minimum Gasteiger partial charge on any atom is -0.477 e. The Kier molecular flexibility index (Phi) is 10.7. The molecular weight excluding hydrogens is 835 g/mol. The van der Waals surface area contributed by atoms with Crippen LogP contribution in [0.2, 0.25) is 0 Å². The van der Waals surface area contributed by atoms with Gasteiger partial charge in [-0.15, -0.1) is 0 Å². The second kappa shape index (κ2) is 16.3. The Morgan fingerprint density at radius 2 is 1.77 bits per heavy atom. The van der Waals surface area contributed by atoms with Crippen LogP contribution in [0.3, 0.4) is 0 Å². The monoisotopic (exact) mass is 888 g/mol. The largest absolute Gasteiger partial charge is 0.477 e. The molecule has 0 aliphatic carbocycles. The van der Waals surface area contributed by atoms with Crippen molar-refractivity contribution in [2.24, 2.45) is 29.3 Å². The van der Waals surface area contributed by atoms with Crippen LogP contribution in [-0.4, -0.2) is 106 Å². The van der Waals surface area contributed by atoms with Crippen LogP contribution in [0.5, 0.6) is 5.88 Å². The molecular formula is C48H54F2N10O5. The summed E-state index contributed by atoms with van der Waals surface area (Å²) in [7, 11) is 1.83. The van der Waals surface area contributed by atoms with Gasteiger partial charge in [-0.1, -0.05) is 26.8 Å². The maximum Gasteiger partial charge on any atom is 0.280 e. The first-order valence-electron chi connectivity index (χ1n) is 22.7. The third kappa shape index (κ3) is 7.90. The molecule has 5 atom stereocenters. The second-order valence-electron chi connectivity index (χ2n) is 19.5. The highest BCUT2D eigenvalue weighted by Crippen LogP contribution is 2.44. The number of ether oxygens (including phenoxy) is 1. The molecule has 17 heteroatoms. The van der Waals surface area contributed by atoms with Gasteiger partial charge in [-0.2, -0.15) is 10.1 Å². The minimum absolute atomic E-state index is 0.0173. The SMILES string of the molecule is Cc1cc2cc(n1)-c1cnn(C)c1OCCC[C@@H](C)CN1/C(=N/C2=O)Nc2ccc(CN3C[C@@H]4C[C@H]3CN4C(=O)[C@H]3CN(c4cc(F)c([C@H]5CCC(=O)NC5=O)c(F)c4)CC3(C)C)cc21. The Hall–Kier alpha value is -6.23. The molecule has 8 heterocycles. The van der Waals surface area contributed by atoms with Crippen LogP contribution < -0.4 is 25.2 Å². The van der Waals surface area contributed by atoms with E-state index in [1.807, 2.05) is 37.6 Å². The molecule has 0 unspecified atom stereocenters. The molecule has 0 saturated carbocycles. The van der Waals surface area contributed by atoms with Crippen LogP contribution >= 0.6 is 0 Å². The Morgan fingerprint density at radius 3 is 2.52 bits per heavy atom. The number of aryl methyl sites for hydroxylation is 2. The van der Waals surface area contributed by atoms with Gasteiger partial charge in [0.15, 0.2) is 0 Å². The van der Waals surface area contributed by atoms with Gasteiger partial charge in [-0.05, 0) is 85.9 Å². The zero-order valence-corrected chi connectivity index (χ0v) is 37.4. The number of rotatable bonds is 5. The van der Waals surface area contributed by atoms with Crippen LogP contribution in [0.1, 0.15) is 86.0 Å². The van der Waals surface area contributed by atoms with E-state index in [9.17, 15) is 19.2 Å². The highest BCUT2D eigenvalue weighted by molar-refractivity contribution is 6.19. The van der Waals surface area contributed by atoms with E-state index in [1.165, 1.54) is 12.1 Å². The summed E-state index contributed by atoms with van der Waals surface area (Å²) in [5.41, 5.74) is 4.93. The van der Waals surface area contributed by atoms with Crippen molar-refractivity contribution in [1.82, 2.24) is 29.9 Å². The lowest BCUT2D eigenvalue weighted by atomic mass is 9.81. The minimum atomic E-state index is -1.08. The van der Waals surface area contributed by atoms with Gasteiger partial charge < -0.3 is 24.8 Å². The number of fused-ring (bicyclic) bond motifs is 9. The van der Waals surface area contributed by atoms with Crippen LogP contribution in [-0.2, 0) is 28.0 Å². The molecule has 340 valence electrons. The summed E-state index contributed by atoms with van der Waals surface area (Å²) in [6.07, 6.45) is 4.37. The molecule has 4 saturated heterocycles. The summed E-state index contributed by atoms with van der Waals surface area (Å²) in [4.78, 5) is 70.2. The lowest BCUT2D eigenvalue weighted by Gasteiger charge is -2.37. The van der Waals surface area contributed by atoms with Crippen LogP contribution in [0, 0.1) is 35.8 Å². The number of aromatic nitrogens is 3. The van der Waals surface area contributed by atoms with Crippen molar-refractivity contribution in [1.29, 1.82) is 0 Å². The van der Waals surface area contributed by atoms with Gasteiger partial charge in [-0.3, -0.25) is 34.4 Å². The van der Waals surface area contributed by atoms with E-state index in [2.05, 4.69) is 55.6 Å². The van der Waals surface area contributed by atoms with Gasteiger partial charge in [0.25, 0.3) is 5.91 Å². The zero-order chi connectivity index (χ0) is 45.5. The number of hydrogen-bond donors (Lipinski definition) is 2. The predicted molar refractivity (Wildman–Crippen MR) is 240 cm³/mol. The number of piperazine rings is 1. The van der Waals surface area contributed by atoms with Gasteiger partial charge in [-0.25, -0.2) is 13.5 Å². The molecule has 4 amide bonds. The quantitative estimate of drug-likeness (QED) is 0.235. The van der Waals surface area contributed by atoms with Gasteiger partial charge in [0, 0.05) is 87.3 Å². The number of imide groups is 1. The fourth-order valence-corrected chi connectivity index (χ4v) is 10.9. The Balaban J connectivity index is 0.821. The normalized spacial score (nSPS) is 26.1. The number of nitrogens with one attached hydrogen (secondary N) is 2. The third-order valence-electron chi connectivity index (χ3n) is 14.3. The number of carbonyl (C=O) groups excluding carboxylic acids is 4. The van der Waals surface area contributed by atoms with E-state index in [4.69, 9.17) is 9.72 Å². The first-order valence-corrected chi connectivity index (χ1v) is 22.7. The maximum absolute atomic E-state index is 15.5. The average molecular weight is 889 g/mol. The maximum atomic E-state index is 15.5.